The summed E-state index contributed by atoms with van der Waals surface area (Å²) in [7, 11) is 0. The smallest absolute Gasteiger partial charge is 0.261 e. The van der Waals surface area contributed by atoms with E-state index in [-0.39, 0.29) is 5.38 Å². The highest BCUT2D eigenvalue weighted by molar-refractivity contribution is 9.10. The maximum absolute atomic E-state index is 5.83. The van der Waals surface area contributed by atoms with Gasteiger partial charge in [0.15, 0.2) is 10.5 Å². The van der Waals surface area contributed by atoms with Crippen LogP contribution in [0.15, 0.2) is 19.7 Å². The third-order valence-electron chi connectivity index (χ3n) is 1.92. The van der Waals surface area contributed by atoms with E-state index in [0.717, 1.165) is 11.3 Å². The maximum atomic E-state index is 5.83. The van der Waals surface area contributed by atoms with Gasteiger partial charge in [-0.3, -0.25) is 0 Å². The summed E-state index contributed by atoms with van der Waals surface area (Å²) in [5, 5.41) is 3.50. The first-order valence-corrected chi connectivity index (χ1v) is 5.55. The van der Waals surface area contributed by atoms with Gasteiger partial charge in [0.1, 0.15) is 5.76 Å². The average molecular weight is 292 g/mol. The number of hydrogen-bond acceptors (Lipinski definition) is 4. The third kappa shape index (κ3) is 2.08. The van der Waals surface area contributed by atoms with Gasteiger partial charge in [0.25, 0.3) is 5.89 Å². The van der Waals surface area contributed by atoms with Crippen LogP contribution in [0, 0.1) is 6.92 Å². The molecule has 4 nitrogen and oxygen atoms in total. The Balaban J connectivity index is 2.41. The van der Waals surface area contributed by atoms with Gasteiger partial charge < -0.3 is 8.94 Å². The summed E-state index contributed by atoms with van der Waals surface area (Å²) in [6.07, 6.45) is 0. The molecule has 1 unspecified atom stereocenters. The van der Waals surface area contributed by atoms with Crippen LogP contribution < -0.4 is 0 Å². The number of rotatable bonds is 2. The highest BCUT2D eigenvalue weighted by atomic mass is 79.9. The zero-order valence-corrected chi connectivity index (χ0v) is 10.5. The fraction of sp³-hybridized carbons (Fsp3) is 0.333. The van der Waals surface area contributed by atoms with E-state index in [1.165, 1.54) is 0 Å². The van der Waals surface area contributed by atoms with Gasteiger partial charge in [-0.25, -0.2) is 0 Å². The predicted octanol–water partition coefficient (Wildman–Crippen LogP) is 3.70. The summed E-state index contributed by atoms with van der Waals surface area (Å²) in [4.78, 5) is 4.16. The van der Waals surface area contributed by atoms with Gasteiger partial charge in [0.05, 0.1) is 10.9 Å². The molecule has 0 bridgehead atoms. The molecular weight excluding hydrogens is 283 g/mol. The molecule has 0 aliphatic heterocycles. The molecule has 0 N–H and O–H groups in total. The lowest BCUT2D eigenvalue weighted by atomic mass is 10.2. The van der Waals surface area contributed by atoms with Crippen LogP contribution in [-0.4, -0.2) is 10.1 Å². The molecule has 2 heterocycles. The first kappa shape index (κ1) is 10.7. The molecule has 1 atom stereocenters. The number of hydrogen-bond donors (Lipinski definition) is 0. The minimum Gasteiger partial charge on any atom is -0.454 e. The van der Waals surface area contributed by atoms with Crippen molar-refractivity contribution < 1.29 is 8.94 Å². The Morgan fingerprint density at radius 2 is 2.27 bits per heavy atom. The first-order valence-electron chi connectivity index (χ1n) is 4.32. The molecule has 0 saturated heterocycles. The number of nitrogens with zero attached hydrogens (tertiary/aromatic N) is 2. The van der Waals surface area contributed by atoms with E-state index in [1.54, 1.807) is 13.0 Å². The molecule has 80 valence electrons. The van der Waals surface area contributed by atoms with E-state index in [4.69, 9.17) is 20.5 Å². The lowest BCUT2D eigenvalue weighted by molar-refractivity contribution is 0.421. The van der Waals surface area contributed by atoms with E-state index < -0.39 is 0 Å². The van der Waals surface area contributed by atoms with Crippen LogP contribution in [-0.2, 0) is 0 Å². The Labute approximate surface area is 99.7 Å². The van der Waals surface area contributed by atoms with Crippen molar-refractivity contribution in [3.63, 3.8) is 0 Å². The highest BCUT2D eigenvalue weighted by Crippen LogP contribution is 2.29. The zero-order chi connectivity index (χ0) is 11.0. The molecule has 2 aromatic heterocycles. The molecule has 0 aromatic carbocycles. The first-order chi connectivity index (χ1) is 7.08. The molecule has 0 aliphatic carbocycles. The van der Waals surface area contributed by atoms with Gasteiger partial charge in [-0.15, -0.1) is 11.6 Å². The van der Waals surface area contributed by atoms with Crippen LogP contribution in [0.4, 0.5) is 0 Å². The Bertz CT molecular complexity index is 478. The van der Waals surface area contributed by atoms with Gasteiger partial charge in [-0.2, -0.15) is 4.98 Å². The molecule has 0 amide bonds. The standard InChI is InChI=1S/C9H8BrClN2O2/c1-4(11)8-12-9(15-13-8)6-3-7(10)14-5(6)2/h3-4H,1-2H3. The Morgan fingerprint density at radius 1 is 1.53 bits per heavy atom. The molecular formula is C9H8BrClN2O2. The molecule has 0 saturated carbocycles. The molecule has 6 heteroatoms. The molecule has 0 spiro atoms. The second kappa shape index (κ2) is 3.98. The quantitative estimate of drug-likeness (QED) is 0.792. The van der Waals surface area contributed by atoms with Crippen LogP contribution in [0.3, 0.4) is 0 Å². The molecule has 2 rings (SSSR count). The Kier molecular flexibility index (Phi) is 2.84. The van der Waals surface area contributed by atoms with Crippen LogP contribution in [0.1, 0.15) is 23.9 Å². The second-order valence-electron chi connectivity index (χ2n) is 3.09. The molecule has 0 aliphatic rings. The van der Waals surface area contributed by atoms with Crippen molar-refractivity contribution in [1.82, 2.24) is 10.1 Å². The van der Waals surface area contributed by atoms with E-state index in [2.05, 4.69) is 26.1 Å². The summed E-state index contributed by atoms with van der Waals surface area (Å²) in [6, 6.07) is 1.78. The summed E-state index contributed by atoms with van der Waals surface area (Å²) in [5.74, 6) is 1.62. The number of alkyl halides is 1. The number of aromatic nitrogens is 2. The van der Waals surface area contributed by atoms with Gasteiger partial charge in [0.2, 0.25) is 0 Å². The van der Waals surface area contributed by atoms with Crippen LogP contribution in [0.25, 0.3) is 11.5 Å². The minimum absolute atomic E-state index is 0.266. The minimum atomic E-state index is -0.266. The highest BCUT2D eigenvalue weighted by Gasteiger charge is 2.17. The molecule has 0 radical (unpaired) electrons. The van der Waals surface area contributed by atoms with Gasteiger partial charge in [-0.1, -0.05) is 5.16 Å². The summed E-state index contributed by atoms with van der Waals surface area (Å²) >= 11 is 9.06. The third-order valence-corrected chi connectivity index (χ3v) is 2.50. The number of aryl methyl sites for hydroxylation is 1. The van der Waals surface area contributed by atoms with Crippen molar-refractivity contribution in [3.05, 3.63) is 22.3 Å². The maximum Gasteiger partial charge on any atom is 0.261 e. The topological polar surface area (TPSA) is 52.1 Å². The molecule has 0 fully saturated rings. The van der Waals surface area contributed by atoms with E-state index in [9.17, 15) is 0 Å². The number of halogens is 2. The van der Waals surface area contributed by atoms with Gasteiger partial charge in [-0.05, 0) is 29.8 Å². The summed E-state index contributed by atoms with van der Waals surface area (Å²) in [6.45, 7) is 3.61. The van der Waals surface area contributed by atoms with E-state index >= 15 is 0 Å². The largest absolute Gasteiger partial charge is 0.454 e. The predicted molar refractivity (Wildman–Crippen MR) is 58.7 cm³/mol. The Hall–Kier alpha value is -0.810. The zero-order valence-electron chi connectivity index (χ0n) is 8.12. The second-order valence-corrected chi connectivity index (χ2v) is 4.53. The van der Waals surface area contributed by atoms with Crippen molar-refractivity contribution in [1.29, 1.82) is 0 Å². The van der Waals surface area contributed by atoms with Crippen LogP contribution in [0.2, 0.25) is 0 Å². The summed E-state index contributed by atoms with van der Waals surface area (Å²) < 4.78 is 11.0. The monoisotopic (exact) mass is 290 g/mol. The molecule has 15 heavy (non-hydrogen) atoms. The lowest BCUT2D eigenvalue weighted by Crippen LogP contribution is -1.86. The van der Waals surface area contributed by atoms with Crippen LogP contribution in [0.5, 0.6) is 0 Å². The summed E-state index contributed by atoms with van der Waals surface area (Å²) in [5.41, 5.74) is 0.776. The van der Waals surface area contributed by atoms with Gasteiger partial charge in [0, 0.05) is 6.07 Å². The average Bonchev–Trinajstić information content (AvgIpc) is 2.71. The van der Waals surface area contributed by atoms with Crippen molar-refractivity contribution >= 4 is 27.5 Å². The van der Waals surface area contributed by atoms with E-state index in [1.807, 2.05) is 6.92 Å². The fourth-order valence-electron chi connectivity index (χ4n) is 1.16. The number of furan rings is 1. The lowest BCUT2D eigenvalue weighted by Gasteiger charge is -1.90. The fourth-order valence-corrected chi connectivity index (χ4v) is 1.72. The van der Waals surface area contributed by atoms with Crippen LogP contribution >= 0.6 is 27.5 Å². The van der Waals surface area contributed by atoms with Gasteiger partial charge >= 0.3 is 0 Å². The Morgan fingerprint density at radius 3 is 2.73 bits per heavy atom. The van der Waals surface area contributed by atoms with E-state index in [0.29, 0.717) is 16.4 Å². The van der Waals surface area contributed by atoms with Crippen molar-refractivity contribution in [2.24, 2.45) is 0 Å². The SMILES string of the molecule is Cc1oc(Br)cc1-c1nc(C(C)Cl)no1. The van der Waals surface area contributed by atoms with Crippen molar-refractivity contribution in [3.8, 4) is 11.5 Å². The molecule has 2 aromatic rings. The van der Waals surface area contributed by atoms with Crippen molar-refractivity contribution in [2.75, 3.05) is 0 Å². The normalized spacial score (nSPS) is 13.1. The van der Waals surface area contributed by atoms with Crippen molar-refractivity contribution in [2.45, 2.75) is 19.2 Å².